The molecule has 0 aliphatic heterocycles. The summed E-state index contributed by atoms with van der Waals surface area (Å²) in [6, 6.07) is 16.3. The van der Waals surface area contributed by atoms with Crippen molar-refractivity contribution >= 4 is 33.4 Å². The summed E-state index contributed by atoms with van der Waals surface area (Å²) in [6.45, 7) is 4.42. The van der Waals surface area contributed by atoms with E-state index in [1.165, 1.54) is 22.1 Å². The van der Waals surface area contributed by atoms with Crippen LogP contribution in [0.4, 0.5) is 5.69 Å². The molecule has 1 N–H and O–H groups in total. The van der Waals surface area contributed by atoms with Gasteiger partial charge in [0.2, 0.25) is 15.9 Å². The molecule has 0 aromatic heterocycles. The van der Waals surface area contributed by atoms with Gasteiger partial charge in [-0.2, -0.15) is 4.31 Å². The summed E-state index contributed by atoms with van der Waals surface area (Å²) in [6.07, 6.45) is 0. The largest absolute Gasteiger partial charge is 0.325 e. The Morgan fingerprint density at radius 3 is 2.38 bits per heavy atom. The van der Waals surface area contributed by atoms with Gasteiger partial charge >= 0.3 is 0 Å². The first-order chi connectivity index (χ1) is 12.5. The first-order valence-corrected chi connectivity index (χ1v) is 11.1. The molecule has 5 nitrogen and oxygen atoms in total. The van der Waals surface area contributed by atoms with Gasteiger partial charge in [0.15, 0.2) is 0 Å². The summed E-state index contributed by atoms with van der Waals surface area (Å²) < 4.78 is 26.5. The number of nitrogens with one attached hydrogen (secondary N) is 1. The number of anilines is 1. The van der Waals surface area contributed by atoms with Crippen LogP contribution in [0.5, 0.6) is 0 Å². The van der Waals surface area contributed by atoms with E-state index in [2.05, 4.69) is 5.32 Å². The molecule has 1 amide bonds. The van der Waals surface area contributed by atoms with Crippen LogP contribution in [-0.2, 0) is 20.6 Å². The van der Waals surface area contributed by atoms with Crippen LogP contribution in [0.15, 0.2) is 59.5 Å². The fourth-order valence-corrected chi connectivity index (χ4v) is 4.77. The zero-order valence-electron chi connectivity index (χ0n) is 15.0. The number of sulfonamides is 1. The number of nitrogens with zero attached hydrogens (tertiary/aromatic N) is 1. The molecule has 0 aliphatic rings. The van der Waals surface area contributed by atoms with Crippen molar-refractivity contribution in [3.8, 4) is 0 Å². The Hall–Kier alpha value is -1.83. The highest BCUT2D eigenvalue weighted by Gasteiger charge is 2.21. The van der Waals surface area contributed by atoms with Crippen molar-refractivity contribution in [2.45, 2.75) is 24.5 Å². The van der Waals surface area contributed by atoms with E-state index in [4.69, 9.17) is 0 Å². The molecule has 0 aliphatic carbocycles. The van der Waals surface area contributed by atoms with Crippen molar-refractivity contribution in [1.29, 1.82) is 0 Å². The molecule has 0 atom stereocenters. The highest BCUT2D eigenvalue weighted by molar-refractivity contribution is 7.99. The van der Waals surface area contributed by atoms with Gasteiger partial charge < -0.3 is 5.32 Å². The molecule has 0 fully saturated rings. The van der Waals surface area contributed by atoms with Crippen molar-refractivity contribution in [2.75, 3.05) is 24.2 Å². The van der Waals surface area contributed by atoms with Crippen LogP contribution in [0, 0.1) is 0 Å². The van der Waals surface area contributed by atoms with Gasteiger partial charge in [0.25, 0.3) is 0 Å². The Morgan fingerprint density at radius 2 is 1.73 bits per heavy atom. The van der Waals surface area contributed by atoms with Crippen LogP contribution in [-0.4, -0.2) is 37.5 Å². The van der Waals surface area contributed by atoms with E-state index in [-0.39, 0.29) is 10.8 Å². The van der Waals surface area contributed by atoms with Gasteiger partial charge in [-0.1, -0.05) is 50.2 Å². The maximum Gasteiger partial charge on any atom is 0.243 e. The van der Waals surface area contributed by atoms with Crippen LogP contribution in [0.3, 0.4) is 0 Å². The van der Waals surface area contributed by atoms with Gasteiger partial charge in [-0.15, -0.1) is 11.8 Å². The predicted octanol–water partition coefficient (Wildman–Crippen LogP) is 3.59. The molecular weight excluding hydrogens is 368 g/mol. The average Bonchev–Trinajstić information content (AvgIpc) is 2.63. The van der Waals surface area contributed by atoms with E-state index in [0.29, 0.717) is 24.5 Å². The highest BCUT2D eigenvalue weighted by atomic mass is 32.2. The second-order valence-corrected chi connectivity index (χ2v) is 8.57. The number of thioether (sulfide) groups is 1. The second kappa shape index (κ2) is 9.75. The molecule has 2 rings (SSSR count). The molecule has 2 aromatic carbocycles. The number of amides is 1. The Morgan fingerprint density at radius 1 is 1.04 bits per heavy atom. The first-order valence-electron chi connectivity index (χ1n) is 8.49. The topological polar surface area (TPSA) is 66.5 Å². The Kier molecular flexibility index (Phi) is 7.68. The van der Waals surface area contributed by atoms with Crippen LogP contribution in [0.2, 0.25) is 0 Å². The quantitative estimate of drug-likeness (QED) is 0.708. The lowest BCUT2D eigenvalue weighted by Gasteiger charge is -2.18. The summed E-state index contributed by atoms with van der Waals surface area (Å²) in [5, 5.41) is 2.77. The van der Waals surface area contributed by atoms with Crippen molar-refractivity contribution in [2.24, 2.45) is 0 Å². The Bertz CT molecular complexity index is 820. The number of carbonyl (C=O) groups is 1. The van der Waals surface area contributed by atoms with Crippen LogP contribution in [0.1, 0.15) is 19.4 Å². The minimum Gasteiger partial charge on any atom is -0.325 e. The second-order valence-electron chi connectivity index (χ2n) is 5.64. The minimum absolute atomic E-state index is 0.150. The molecule has 0 unspecified atom stereocenters. The van der Waals surface area contributed by atoms with Crippen LogP contribution < -0.4 is 5.32 Å². The fourth-order valence-electron chi connectivity index (χ4n) is 2.48. The van der Waals surface area contributed by atoms with E-state index in [1.54, 1.807) is 32.0 Å². The molecule has 26 heavy (non-hydrogen) atoms. The molecule has 0 heterocycles. The maximum atomic E-state index is 12.6. The van der Waals surface area contributed by atoms with E-state index in [9.17, 15) is 13.2 Å². The Labute approximate surface area is 159 Å². The smallest absolute Gasteiger partial charge is 0.243 e. The Balaban J connectivity index is 1.96. The van der Waals surface area contributed by atoms with E-state index in [0.717, 1.165) is 11.3 Å². The highest BCUT2D eigenvalue weighted by Crippen LogP contribution is 2.20. The summed E-state index contributed by atoms with van der Waals surface area (Å²) in [5.74, 6) is 0.912. The number of rotatable bonds is 9. The average molecular weight is 393 g/mol. The normalized spacial score (nSPS) is 11.5. The van der Waals surface area contributed by atoms with Gasteiger partial charge in [0.1, 0.15) is 0 Å². The van der Waals surface area contributed by atoms with Crippen molar-refractivity contribution in [3.63, 3.8) is 0 Å². The van der Waals surface area contributed by atoms with E-state index in [1.807, 2.05) is 30.3 Å². The summed E-state index contributed by atoms with van der Waals surface area (Å²) in [7, 11) is -3.54. The molecule has 0 spiro atoms. The number of hydrogen-bond acceptors (Lipinski definition) is 4. The molecule has 0 radical (unpaired) electrons. The zero-order valence-corrected chi connectivity index (χ0v) is 16.6. The van der Waals surface area contributed by atoms with Crippen molar-refractivity contribution < 1.29 is 13.2 Å². The summed E-state index contributed by atoms with van der Waals surface area (Å²) in [4.78, 5) is 12.3. The zero-order chi connectivity index (χ0) is 19.0. The van der Waals surface area contributed by atoms with Gasteiger partial charge in [0, 0.05) is 24.5 Å². The molecule has 0 bridgehead atoms. The third kappa shape index (κ3) is 5.59. The molecule has 140 valence electrons. The monoisotopic (exact) mass is 392 g/mol. The van der Waals surface area contributed by atoms with Crippen LogP contribution >= 0.6 is 11.8 Å². The van der Waals surface area contributed by atoms with Gasteiger partial charge in [-0.05, 0) is 23.8 Å². The van der Waals surface area contributed by atoms with E-state index < -0.39 is 10.0 Å². The number of benzene rings is 2. The number of carbonyl (C=O) groups excluding carboxylic acids is 1. The SMILES string of the molecule is CCN(CC)S(=O)(=O)c1cccc(NC(=O)CSCc2ccccc2)c1. The molecule has 2 aromatic rings. The third-order valence-electron chi connectivity index (χ3n) is 3.81. The number of hydrogen-bond donors (Lipinski definition) is 1. The summed E-state index contributed by atoms with van der Waals surface area (Å²) in [5.41, 5.74) is 1.65. The van der Waals surface area contributed by atoms with Crippen molar-refractivity contribution in [1.82, 2.24) is 4.31 Å². The minimum atomic E-state index is -3.54. The van der Waals surface area contributed by atoms with Gasteiger partial charge in [-0.25, -0.2) is 8.42 Å². The lowest BCUT2D eigenvalue weighted by Crippen LogP contribution is -2.30. The third-order valence-corrected chi connectivity index (χ3v) is 6.86. The molecule has 0 saturated carbocycles. The lowest BCUT2D eigenvalue weighted by atomic mass is 10.2. The van der Waals surface area contributed by atoms with E-state index >= 15 is 0 Å². The molecule has 0 saturated heterocycles. The predicted molar refractivity (Wildman–Crippen MR) is 108 cm³/mol. The van der Waals surface area contributed by atoms with Crippen molar-refractivity contribution in [3.05, 3.63) is 60.2 Å². The first kappa shape index (κ1) is 20.5. The van der Waals surface area contributed by atoms with Gasteiger partial charge in [-0.3, -0.25) is 4.79 Å². The summed E-state index contributed by atoms with van der Waals surface area (Å²) >= 11 is 1.52. The fraction of sp³-hybridized carbons (Fsp3) is 0.316. The van der Waals surface area contributed by atoms with Gasteiger partial charge in [0.05, 0.1) is 10.6 Å². The van der Waals surface area contributed by atoms with Crippen LogP contribution in [0.25, 0.3) is 0 Å². The standard InChI is InChI=1S/C19H24N2O3S2/c1-3-21(4-2)26(23,24)18-12-8-11-17(13-18)20-19(22)15-25-14-16-9-6-5-7-10-16/h5-13H,3-4,14-15H2,1-2H3,(H,20,22). The maximum absolute atomic E-state index is 12.6. The lowest BCUT2D eigenvalue weighted by molar-refractivity contribution is -0.113. The molecule has 7 heteroatoms. The molecular formula is C19H24N2O3S2.